The van der Waals surface area contributed by atoms with Gasteiger partial charge in [0.25, 0.3) is 0 Å². The molecule has 0 spiro atoms. The molecule has 1 heterocycles. The third kappa shape index (κ3) is 4.98. The molecule has 0 saturated carbocycles. The number of amides is 1. The lowest BCUT2D eigenvalue weighted by Gasteiger charge is -2.28. The summed E-state index contributed by atoms with van der Waals surface area (Å²) < 4.78 is 2.24. The summed E-state index contributed by atoms with van der Waals surface area (Å²) in [6, 6.07) is 13.0. The van der Waals surface area contributed by atoms with Crippen LogP contribution in [0.3, 0.4) is 0 Å². The van der Waals surface area contributed by atoms with Gasteiger partial charge in [0.2, 0.25) is 5.91 Å². The maximum atomic E-state index is 12.6. The van der Waals surface area contributed by atoms with Crippen molar-refractivity contribution < 1.29 is 4.79 Å². The van der Waals surface area contributed by atoms with Crippen LogP contribution in [0.2, 0.25) is 0 Å². The SMILES string of the molecule is Cc1cccc(Cn2cccc2CN(C(=O)CC(C)C)C(C)C)c1. The summed E-state index contributed by atoms with van der Waals surface area (Å²) in [4.78, 5) is 14.5. The molecule has 0 saturated heterocycles. The van der Waals surface area contributed by atoms with Crippen LogP contribution in [0.25, 0.3) is 0 Å². The lowest BCUT2D eigenvalue weighted by atomic mass is 10.1. The minimum Gasteiger partial charge on any atom is -0.345 e. The summed E-state index contributed by atoms with van der Waals surface area (Å²) in [6.45, 7) is 12.0. The highest BCUT2D eigenvalue weighted by Crippen LogP contribution is 2.15. The van der Waals surface area contributed by atoms with Crippen molar-refractivity contribution in [2.75, 3.05) is 0 Å². The van der Waals surface area contributed by atoms with Crippen molar-refractivity contribution in [2.24, 2.45) is 5.92 Å². The van der Waals surface area contributed by atoms with Crippen LogP contribution in [-0.4, -0.2) is 21.4 Å². The van der Waals surface area contributed by atoms with Gasteiger partial charge in [-0.2, -0.15) is 0 Å². The Bertz CT molecular complexity index is 670. The standard InChI is InChI=1S/C21H30N2O/c1-16(2)12-21(24)23(17(3)4)15-20-10-7-11-22(20)14-19-9-6-8-18(5)13-19/h6-11,13,16-17H,12,14-15H2,1-5H3. The van der Waals surface area contributed by atoms with E-state index < -0.39 is 0 Å². The molecule has 130 valence electrons. The normalized spacial score (nSPS) is 11.3. The lowest BCUT2D eigenvalue weighted by Crippen LogP contribution is -2.37. The molecule has 2 rings (SSSR count). The number of aromatic nitrogens is 1. The van der Waals surface area contributed by atoms with Crippen molar-refractivity contribution >= 4 is 5.91 Å². The quantitative estimate of drug-likeness (QED) is 0.728. The van der Waals surface area contributed by atoms with Gasteiger partial charge in [0.15, 0.2) is 0 Å². The molecule has 0 bridgehead atoms. The number of rotatable bonds is 7. The van der Waals surface area contributed by atoms with Gasteiger partial charge in [0.1, 0.15) is 0 Å². The van der Waals surface area contributed by atoms with Crippen LogP contribution < -0.4 is 0 Å². The van der Waals surface area contributed by atoms with Crippen LogP contribution in [0.1, 0.15) is 50.9 Å². The summed E-state index contributed by atoms with van der Waals surface area (Å²) in [5.41, 5.74) is 3.75. The lowest BCUT2D eigenvalue weighted by molar-refractivity contribution is -0.134. The van der Waals surface area contributed by atoms with Gasteiger partial charge in [-0.3, -0.25) is 4.79 Å². The second-order valence-corrected chi connectivity index (χ2v) is 7.33. The number of carbonyl (C=O) groups is 1. The molecule has 0 N–H and O–H groups in total. The zero-order chi connectivity index (χ0) is 17.7. The molecule has 3 heteroatoms. The summed E-state index contributed by atoms with van der Waals surface area (Å²) >= 11 is 0. The van der Waals surface area contributed by atoms with Crippen LogP contribution in [0.15, 0.2) is 42.6 Å². The molecule has 0 aliphatic heterocycles. The minimum atomic E-state index is 0.207. The van der Waals surface area contributed by atoms with E-state index in [1.165, 1.54) is 16.8 Å². The fourth-order valence-electron chi connectivity index (χ4n) is 2.95. The Balaban J connectivity index is 2.14. The van der Waals surface area contributed by atoms with E-state index in [1.807, 2.05) is 4.90 Å². The Kier molecular flexibility index (Phi) is 6.24. The van der Waals surface area contributed by atoms with E-state index in [2.05, 4.69) is 81.8 Å². The maximum Gasteiger partial charge on any atom is 0.223 e. The molecule has 0 unspecified atom stereocenters. The van der Waals surface area contributed by atoms with Gasteiger partial charge in [-0.25, -0.2) is 0 Å². The van der Waals surface area contributed by atoms with Gasteiger partial charge >= 0.3 is 0 Å². The highest BCUT2D eigenvalue weighted by molar-refractivity contribution is 5.76. The molecule has 1 aromatic carbocycles. The van der Waals surface area contributed by atoms with Crippen LogP contribution in [0, 0.1) is 12.8 Å². The first-order valence-electron chi connectivity index (χ1n) is 8.86. The number of hydrogen-bond donors (Lipinski definition) is 0. The van der Waals surface area contributed by atoms with Crippen LogP contribution >= 0.6 is 0 Å². The predicted molar refractivity (Wildman–Crippen MR) is 99.9 cm³/mol. The number of benzene rings is 1. The molecule has 2 aromatic rings. The number of nitrogens with zero attached hydrogens (tertiary/aromatic N) is 2. The third-order valence-electron chi connectivity index (χ3n) is 4.22. The van der Waals surface area contributed by atoms with E-state index in [0.29, 0.717) is 18.9 Å². The van der Waals surface area contributed by atoms with Crippen LogP contribution in [0.5, 0.6) is 0 Å². The zero-order valence-corrected chi connectivity index (χ0v) is 15.6. The van der Waals surface area contributed by atoms with Gasteiger partial charge in [-0.1, -0.05) is 43.7 Å². The molecule has 0 fully saturated rings. The third-order valence-corrected chi connectivity index (χ3v) is 4.22. The topological polar surface area (TPSA) is 25.2 Å². The monoisotopic (exact) mass is 326 g/mol. The Labute approximate surface area is 146 Å². The molecule has 1 aromatic heterocycles. The number of hydrogen-bond acceptors (Lipinski definition) is 1. The van der Waals surface area contributed by atoms with Crippen LogP contribution in [0.4, 0.5) is 0 Å². The van der Waals surface area contributed by atoms with Crippen molar-refractivity contribution in [1.29, 1.82) is 0 Å². The summed E-state index contributed by atoms with van der Waals surface area (Å²) in [7, 11) is 0. The fourth-order valence-corrected chi connectivity index (χ4v) is 2.95. The predicted octanol–water partition coefficient (Wildman–Crippen LogP) is 4.63. The Morgan fingerprint density at radius 1 is 1.12 bits per heavy atom. The van der Waals surface area contributed by atoms with Crippen molar-refractivity contribution in [1.82, 2.24) is 9.47 Å². The second-order valence-electron chi connectivity index (χ2n) is 7.33. The maximum absolute atomic E-state index is 12.6. The Morgan fingerprint density at radius 2 is 1.88 bits per heavy atom. The van der Waals surface area contributed by atoms with E-state index in [-0.39, 0.29) is 11.9 Å². The molecule has 3 nitrogen and oxygen atoms in total. The summed E-state index contributed by atoms with van der Waals surface area (Å²) in [5, 5.41) is 0. The van der Waals surface area contributed by atoms with E-state index >= 15 is 0 Å². The van der Waals surface area contributed by atoms with Gasteiger partial charge in [-0.05, 0) is 44.4 Å². The van der Waals surface area contributed by atoms with E-state index in [9.17, 15) is 4.79 Å². The van der Waals surface area contributed by atoms with Gasteiger partial charge < -0.3 is 9.47 Å². The van der Waals surface area contributed by atoms with E-state index in [0.717, 1.165) is 6.54 Å². The van der Waals surface area contributed by atoms with E-state index in [1.54, 1.807) is 0 Å². The first-order valence-corrected chi connectivity index (χ1v) is 8.86. The summed E-state index contributed by atoms with van der Waals surface area (Å²) in [6.07, 6.45) is 2.71. The van der Waals surface area contributed by atoms with Crippen LogP contribution in [-0.2, 0) is 17.9 Å². The summed E-state index contributed by atoms with van der Waals surface area (Å²) in [5.74, 6) is 0.626. The molecule has 0 radical (unpaired) electrons. The molecule has 0 aliphatic rings. The second kappa shape index (κ2) is 8.18. The molecular weight excluding hydrogens is 296 g/mol. The van der Waals surface area contributed by atoms with Crippen molar-refractivity contribution in [3.63, 3.8) is 0 Å². The molecule has 1 amide bonds. The van der Waals surface area contributed by atoms with Crippen molar-refractivity contribution in [3.05, 3.63) is 59.4 Å². The molecular formula is C21H30N2O. The highest BCUT2D eigenvalue weighted by Gasteiger charge is 2.19. The number of aryl methyl sites for hydroxylation is 1. The van der Waals surface area contributed by atoms with Crippen molar-refractivity contribution in [3.8, 4) is 0 Å². The Morgan fingerprint density at radius 3 is 2.50 bits per heavy atom. The van der Waals surface area contributed by atoms with Gasteiger partial charge in [-0.15, -0.1) is 0 Å². The number of carbonyl (C=O) groups excluding carboxylic acids is 1. The largest absolute Gasteiger partial charge is 0.345 e. The molecule has 0 aliphatic carbocycles. The Hall–Kier alpha value is -2.03. The molecule has 24 heavy (non-hydrogen) atoms. The smallest absolute Gasteiger partial charge is 0.223 e. The first kappa shape index (κ1) is 18.3. The van der Waals surface area contributed by atoms with Gasteiger partial charge in [0.05, 0.1) is 6.54 Å². The highest BCUT2D eigenvalue weighted by atomic mass is 16.2. The van der Waals surface area contributed by atoms with Gasteiger partial charge in [0, 0.05) is 30.9 Å². The zero-order valence-electron chi connectivity index (χ0n) is 15.6. The van der Waals surface area contributed by atoms with Crippen molar-refractivity contribution in [2.45, 2.75) is 60.2 Å². The molecule has 0 atom stereocenters. The fraction of sp³-hybridized carbons (Fsp3) is 0.476. The average molecular weight is 326 g/mol. The first-order chi connectivity index (χ1) is 11.4. The minimum absolute atomic E-state index is 0.207. The van der Waals surface area contributed by atoms with E-state index in [4.69, 9.17) is 0 Å². The average Bonchev–Trinajstić information content (AvgIpc) is 2.90.